The number of hydrogen-bond donors (Lipinski definition) is 1. The van der Waals surface area contributed by atoms with Gasteiger partial charge in [-0.25, -0.2) is 4.68 Å². The van der Waals surface area contributed by atoms with Gasteiger partial charge >= 0.3 is 0 Å². The molecule has 0 aliphatic rings. The van der Waals surface area contributed by atoms with Crippen LogP contribution in [0.15, 0.2) is 30.5 Å². The Morgan fingerprint density at radius 2 is 1.94 bits per heavy atom. The van der Waals surface area contributed by atoms with Crippen molar-refractivity contribution in [3.63, 3.8) is 0 Å². The number of aryl methyl sites for hydroxylation is 1. The largest absolute Gasteiger partial charge is 0.316 e. The summed E-state index contributed by atoms with van der Waals surface area (Å²) in [6.45, 7) is 5.18. The van der Waals surface area contributed by atoms with Crippen LogP contribution in [-0.4, -0.2) is 16.8 Å². The van der Waals surface area contributed by atoms with E-state index in [-0.39, 0.29) is 0 Å². The molecule has 1 aromatic heterocycles. The summed E-state index contributed by atoms with van der Waals surface area (Å²) in [7, 11) is 1.97. The first-order valence-corrected chi connectivity index (χ1v) is 6.53. The zero-order valence-corrected chi connectivity index (χ0v) is 11.4. The Labute approximate surface area is 109 Å². The maximum atomic E-state index is 4.53. The van der Waals surface area contributed by atoms with E-state index in [2.05, 4.69) is 53.2 Å². The molecule has 2 rings (SSSR count). The van der Waals surface area contributed by atoms with Crippen LogP contribution in [0.25, 0.3) is 5.69 Å². The maximum Gasteiger partial charge on any atom is 0.0649 e. The Kier molecular flexibility index (Phi) is 4.15. The van der Waals surface area contributed by atoms with Crippen molar-refractivity contribution < 1.29 is 0 Å². The number of aromatic nitrogens is 2. The number of hydrogen-bond acceptors (Lipinski definition) is 2. The molecule has 3 nitrogen and oxygen atoms in total. The molecule has 2 aromatic rings. The van der Waals surface area contributed by atoms with Gasteiger partial charge in [0.25, 0.3) is 0 Å². The van der Waals surface area contributed by atoms with Gasteiger partial charge in [0.2, 0.25) is 0 Å². The van der Waals surface area contributed by atoms with Crippen molar-refractivity contribution in [2.75, 3.05) is 7.05 Å². The Morgan fingerprint density at radius 1 is 1.22 bits per heavy atom. The molecule has 1 aromatic carbocycles. The lowest BCUT2D eigenvalue weighted by atomic mass is 10.1. The van der Waals surface area contributed by atoms with E-state index in [4.69, 9.17) is 0 Å². The molecule has 0 aliphatic carbocycles. The molecule has 18 heavy (non-hydrogen) atoms. The Balaban J connectivity index is 2.40. The fourth-order valence-corrected chi connectivity index (χ4v) is 2.16. The highest BCUT2D eigenvalue weighted by molar-refractivity contribution is 5.37. The summed E-state index contributed by atoms with van der Waals surface area (Å²) in [6, 6.07) is 8.52. The van der Waals surface area contributed by atoms with Crippen LogP contribution in [-0.2, 0) is 13.0 Å². The highest BCUT2D eigenvalue weighted by atomic mass is 15.3. The SMILES string of the molecule is CCCc1c(CNC)cnn1-c1ccc(C)cc1. The molecule has 0 atom stereocenters. The summed E-state index contributed by atoms with van der Waals surface area (Å²) in [4.78, 5) is 0. The molecule has 0 bridgehead atoms. The second kappa shape index (κ2) is 5.83. The Hall–Kier alpha value is -1.61. The van der Waals surface area contributed by atoms with Gasteiger partial charge < -0.3 is 5.32 Å². The van der Waals surface area contributed by atoms with Crippen LogP contribution >= 0.6 is 0 Å². The van der Waals surface area contributed by atoms with Crippen LogP contribution in [0.1, 0.15) is 30.2 Å². The van der Waals surface area contributed by atoms with E-state index in [0.29, 0.717) is 0 Å². The van der Waals surface area contributed by atoms with E-state index < -0.39 is 0 Å². The average molecular weight is 243 g/mol. The molecule has 1 N–H and O–H groups in total. The molecule has 3 heteroatoms. The third kappa shape index (κ3) is 2.62. The van der Waals surface area contributed by atoms with Crippen molar-refractivity contribution in [3.8, 4) is 5.69 Å². The van der Waals surface area contributed by atoms with Crippen molar-refractivity contribution in [3.05, 3.63) is 47.3 Å². The second-order valence-electron chi connectivity index (χ2n) is 4.64. The first kappa shape index (κ1) is 12.8. The number of benzene rings is 1. The van der Waals surface area contributed by atoms with Gasteiger partial charge in [-0.1, -0.05) is 31.0 Å². The highest BCUT2D eigenvalue weighted by Crippen LogP contribution is 2.17. The molecule has 0 saturated carbocycles. The van der Waals surface area contributed by atoms with Gasteiger partial charge in [0.05, 0.1) is 11.9 Å². The van der Waals surface area contributed by atoms with Crippen molar-refractivity contribution >= 4 is 0 Å². The number of rotatable bonds is 5. The molecule has 0 amide bonds. The van der Waals surface area contributed by atoms with Crippen molar-refractivity contribution in [2.24, 2.45) is 0 Å². The number of nitrogens with one attached hydrogen (secondary N) is 1. The molecule has 0 aliphatic heterocycles. The Bertz CT molecular complexity index is 497. The maximum absolute atomic E-state index is 4.53. The normalized spacial score (nSPS) is 10.8. The van der Waals surface area contributed by atoms with E-state index in [9.17, 15) is 0 Å². The lowest BCUT2D eigenvalue weighted by Crippen LogP contribution is -2.09. The predicted molar refractivity (Wildman–Crippen MR) is 75.1 cm³/mol. The minimum absolute atomic E-state index is 0.876. The minimum Gasteiger partial charge on any atom is -0.316 e. The van der Waals surface area contributed by atoms with Gasteiger partial charge in [0, 0.05) is 17.8 Å². The van der Waals surface area contributed by atoms with Crippen LogP contribution in [0, 0.1) is 6.92 Å². The van der Waals surface area contributed by atoms with E-state index in [0.717, 1.165) is 25.1 Å². The van der Waals surface area contributed by atoms with Crippen LogP contribution in [0.2, 0.25) is 0 Å². The van der Waals surface area contributed by atoms with Gasteiger partial charge in [-0.15, -0.1) is 0 Å². The molecule has 0 unspecified atom stereocenters. The summed E-state index contributed by atoms with van der Waals surface area (Å²) < 4.78 is 2.07. The fraction of sp³-hybridized carbons (Fsp3) is 0.400. The molecular formula is C15H21N3. The zero-order chi connectivity index (χ0) is 13.0. The first-order chi connectivity index (χ1) is 8.76. The predicted octanol–water partition coefficient (Wildman–Crippen LogP) is 2.85. The quantitative estimate of drug-likeness (QED) is 0.875. The molecule has 0 fully saturated rings. The van der Waals surface area contributed by atoms with Gasteiger partial charge in [-0.3, -0.25) is 0 Å². The summed E-state index contributed by atoms with van der Waals surface area (Å²) in [5.74, 6) is 0. The standard InChI is InChI=1S/C15H21N3/c1-4-5-15-13(10-16-3)11-17-18(15)14-8-6-12(2)7-9-14/h6-9,11,16H,4-5,10H2,1-3H3. The third-order valence-electron chi connectivity index (χ3n) is 3.09. The van der Waals surface area contributed by atoms with Gasteiger partial charge in [-0.05, 0) is 32.5 Å². The lowest BCUT2D eigenvalue weighted by Gasteiger charge is -2.09. The van der Waals surface area contributed by atoms with Gasteiger partial charge in [0.1, 0.15) is 0 Å². The summed E-state index contributed by atoms with van der Waals surface area (Å²) >= 11 is 0. The van der Waals surface area contributed by atoms with E-state index in [1.807, 2.05) is 13.2 Å². The van der Waals surface area contributed by atoms with Crippen LogP contribution < -0.4 is 5.32 Å². The molecule has 96 valence electrons. The van der Waals surface area contributed by atoms with E-state index >= 15 is 0 Å². The van der Waals surface area contributed by atoms with E-state index in [1.165, 1.54) is 16.8 Å². The Morgan fingerprint density at radius 3 is 2.56 bits per heavy atom. The van der Waals surface area contributed by atoms with Gasteiger partial charge in [-0.2, -0.15) is 5.10 Å². The first-order valence-electron chi connectivity index (χ1n) is 6.53. The molecule has 1 heterocycles. The second-order valence-corrected chi connectivity index (χ2v) is 4.64. The van der Waals surface area contributed by atoms with Crippen molar-refractivity contribution in [2.45, 2.75) is 33.2 Å². The molecule has 0 radical (unpaired) electrons. The monoisotopic (exact) mass is 243 g/mol. The van der Waals surface area contributed by atoms with Crippen LogP contribution in [0.5, 0.6) is 0 Å². The molecule has 0 saturated heterocycles. The summed E-state index contributed by atoms with van der Waals surface area (Å²) in [5.41, 5.74) is 5.03. The highest BCUT2D eigenvalue weighted by Gasteiger charge is 2.10. The van der Waals surface area contributed by atoms with Gasteiger partial charge in [0.15, 0.2) is 0 Å². The van der Waals surface area contributed by atoms with Crippen LogP contribution in [0.3, 0.4) is 0 Å². The third-order valence-corrected chi connectivity index (χ3v) is 3.09. The average Bonchev–Trinajstić information content (AvgIpc) is 2.75. The lowest BCUT2D eigenvalue weighted by molar-refractivity contribution is 0.750. The van der Waals surface area contributed by atoms with Crippen molar-refractivity contribution in [1.29, 1.82) is 0 Å². The van der Waals surface area contributed by atoms with Crippen LogP contribution in [0.4, 0.5) is 0 Å². The minimum atomic E-state index is 0.876. The number of nitrogens with zero attached hydrogens (tertiary/aromatic N) is 2. The topological polar surface area (TPSA) is 29.9 Å². The fourth-order valence-electron chi connectivity index (χ4n) is 2.16. The molecule has 0 spiro atoms. The molecular weight excluding hydrogens is 222 g/mol. The smallest absolute Gasteiger partial charge is 0.0649 e. The van der Waals surface area contributed by atoms with Crippen molar-refractivity contribution in [1.82, 2.24) is 15.1 Å². The van der Waals surface area contributed by atoms with E-state index in [1.54, 1.807) is 0 Å². The summed E-state index contributed by atoms with van der Waals surface area (Å²) in [6.07, 6.45) is 4.17. The zero-order valence-electron chi connectivity index (χ0n) is 11.4. The summed E-state index contributed by atoms with van der Waals surface area (Å²) in [5, 5.41) is 7.73.